The second kappa shape index (κ2) is 10.9. The normalized spacial score (nSPS) is 13.8. The van der Waals surface area contributed by atoms with Gasteiger partial charge in [-0.3, -0.25) is 9.89 Å². The number of halogens is 1. The minimum Gasteiger partial charge on any atom is -0.326 e. The first-order chi connectivity index (χ1) is 16.4. The summed E-state index contributed by atoms with van der Waals surface area (Å²) in [5.74, 6) is 1.70. The Morgan fingerprint density at radius 1 is 1.29 bits per heavy atom. The number of amides is 1. The molecule has 7 nitrogen and oxygen atoms in total. The molecule has 0 spiro atoms. The van der Waals surface area contributed by atoms with E-state index in [0.29, 0.717) is 23.1 Å². The number of benzene rings is 1. The van der Waals surface area contributed by atoms with Crippen molar-refractivity contribution >= 4 is 23.5 Å². The number of carbonyl (C=O) groups is 1. The molecule has 1 amide bonds. The lowest BCUT2D eigenvalue weighted by atomic mass is 10.0. The number of aryl methyl sites for hydroxylation is 1. The molecule has 1 aromatic carbocycles. The molecule has 178 valence electrons. The number of H-pyrrole nitrogens is 1. The first-order valence-corrected chi connectivity index (χ1v) is 12.6. The molecule has 2 aromatic heterocycles. The van der Waals surface area contributed by atoms with Crippen LogP contribution >= 0.6 is 11.8 Å². The lowest BCUT2D eigenvalue weighted by Crippen LogP contribution is -2.18. The third kappa shape index (κ3) is 5.68. The number of thioether (sulfide) groups is 1. The van der Waals surface area contributed by atoms with Gasteiger partial charge < -0.3 is 9.88 Å². The van der Waals surface area contributed by atoms with Crippen LogP contribution in [0.15, 0.2) is 29.4 Å². The van der Waals surface area contributed by atoms with Crippen LogP contribution in [-0.4, -0.2) is 31.4 Å². The van der Waals surface area contributed by atoms with Gasteiger partial charge in [0.2, 0.25) is 11.1 Å². The minimum atomic E-state index is -0.305. The summed E-state index contributed by atoms with van der Waals surface area (Å²) in [6.45, 7) is 4.19. The first-order valence-electron chi connectivity index (χ1n) is 11.6. The Labute approximate surface area is 203 Å². The summed E-state index contributed by atoms with van der Waals surface area (Å²) in [5, 5.41) is 20.4. The van der Waals surface area contributed by atoms with Crippen LogP contribution in [0.4, 0.5) is 10.2 Å². The average Bonchev–Trinajstić information content (AvgIpc) is 3.56. The smallest absolute Gasteiger partial charge is 0.235 e. The predicted octanol–water partition coefficient (Wildman–Crippen LogP) is 5.14. The quantitative estimate of drug-likeness (QED) is 0.413. The topological polar surface area (TPSA) is 99.4 Å². The van der Waals surface area contributed by atoms with Crippen LogP contribution in [-0.2, 0) is 17.8 Å². The maximum Gasteiger partial charge on any atom is 0.235 e. The van der Waals surface area contributed by atoms with Crippen molar-refractivity contribution in [3.05, 3.63) is 58.3 Å². The maximum atomic E-state index is 13.3. The number of aromatic nitrogens is 4. The minimum absolute atomic E-state index is 0.130. The predicted molar refractivity (Wildman–Crippen MR) is 130 cm³/mol. The Bertz CT molecular complexity index is 1190. The van der Waals surface area contributed by atoms with Gasteiger partial charge in [0.25, 0.3) is 0 Å². The van der Waals surface area contributed by atoms with Crippen molar-refractivity contribution in [2.75, 3.05) is 11.1 Å². The third-order valence-corrected chi connectivity index (χ3v) is 7.41. The van der Waals surface area contributed by atoms with Gasteiger partial charge in [-0.25, -0.2) is 9.37 Å². The SMILES string of the molecule is Cc1c(C#N)c(NC(=O)CSc2n[nH]c(CCC3CCCC3)n2)n(Cc2ccc(F)cc2)c1C. The van der Waals surface area contributed by atoms with E-state index in [9.17, 15) is 14.4 Å². The van der Waals surface area contributed by atoms with Crippen molar-refractivity contribution in [2.24, 2.45) is 5.92 Å². The summed E-state index contributed by atoms with van der Waals surface area (Å²) in [7, 11) is 0. The Morgan fingerprint density at radius 3 is 2.74 bits per heavy atom. The average molecular weight is 481 g/mol. The Morgan fingerprint density at radius 2 is 2.03 bits per heavy atom. The van der Waals surface area contributed by atoms with Gasteiger partial charge in [-0.15, -0.1) is 5.10 Å². The summed E-state index contributed by atoms with van der Waals surface area (Å²) >= 11 is 1.26. The van der Waals surface area contributed by atoms with Crippen molar-refractivity contribution < 1.29 is 9.18 Å². The van der Waals surface area contributed by atoms with Gasteiger partial charge in [-0.05, 0) is 49.4 Å². The summed E-state index contributed by atoms with van der Waals surface area (Å²) in [5.41, 5.74) is 3.00. The Kier molecular flexibility index (Phi) is 7.68. The van der Waals surface area contributed by atoms with E-state index in [0.717, 1.165) is 41.4 Å². The third-order valence-electron chi connectivity index (χ3n) is 6.56. The molecule has 0 saturated heterocycles. The Hall–Kier alpha value is -3.12. The van der Waals surface area contributed by atoms with Crippen LogP contribution in [0.5, 0.6) is 0 Å². The van der Waals surface area contributed by atoms with E-state index in [2.05, 4.69) is 26.6 Å². The number of nitrogens with zero attached hydrogens (tertiary/aromatic N) is 4. The number of hydrogen-bond donors (Lipinski definition) is 2. The molecule has 0 aliphatic heterocycles. The fourth-order valence-corrected chi connectivity index (χ4v) is 5.11. The number of anilines is 1. The van der Waals surface area contributed by atoms with E-state index in [4.69, 9.17) is 0 Å². The summed E-state index contributed by atoms with van der Waals surface area (Å²) < 4.78 is 15.2. The van der Waals surface area contributed by atoms with Crippen molar-refractivity contribution in [3.8, 4) is 6.07 Å². The van der Waals surface area contributed by atoms with Gasteiger partial charge in [-0.2, -0.15) is 5.26 Å². The van der Waals surface area contributed by atoms with E-state index >= 15 is 0 Å². The molecule has 3 aromatic rings. The van der Waals surface area contributed by atoms with Gasteiger partial charge in [0.15, 0.2) is 0 Å². The molecule has 2 N–H and O–H groups in total. The molecule has 1 fully saturated rings. The number of carbonyl (C=O) groups excluding carboxylic acids is 1. The molecule has 0 bridgehead atoms. The zero-order chi connectivity index (χ0) is 24.1. The van der Waals surface area contributed by atoms with Crippen LogP contribution < -0.4 is 5.32 Å². The molecular weight excluding hydrogens is 451 g/mol. The summed E-state index contributed by atoms with van der Waals surface area (Å²) in [6.07, 6.45) is 7.28. The van der Waals surface area contributed by atoms with Crippen molar-refractivity contribution in [2.45, 2.75) is 64.1 Å². The molecule has 9 heteroatoms. The largest absolute Gasteiger partial charge is 0.326 e. The number of nitrogens with one attached hydrogen (secondary N) is 2. The van der Waals surface area contributed by atoms with E-state index < -0.39 is 0 Å². The second-order valence-corrected chi connectivity index (χ2v) is 9.79. The zero-order valence-electron chi connectivity index (χ0n) is 19.5. The Balaban J connectivity index is 1.39. The molecular formula is C25H29FN6OS. The van der Waals surface area contributed by atoms with Crippen molar-refractivity contribution in [3.63, 3.8) is 0 Å². The fourth-order valence-electron chi connectivity index (χ4n) is 4.49. The lowest BCUT2D eigenvalue weighted by molar-refractivity contribution is -0.113. The molecule has 0 radical (unpaired) electrons. The number of rotatable bonds is 9. The van der Waals surface area contributed by atoms with Crippen LogP contribution in [0.3, 0.4) is 0 Å². The molecule has 0 unspecified atom stereocenters. The van der Waals surface area contributed by atoms with Gasteiger partial charge in [-0.1, -0.05) is 49.6 Å². The van der Waals surface area contributed by atoms with Crippen molar-refractivity contribution in [1.82, 2.24) is 19.7 Å². The summed E-state index contributed by atoms with van der Waals surface area (Å²) in [6, 6.07) is 8.41. The number of aromatic amines is 1. The van der Waals surface area contributed by atoms with Gasteiger partial charge in [0, 0.05) is 18.7 Å². The van der Waals surface area contributed by atoms with Crippen molar-refractivity contribution in [1.29, 1.82) is 5.26 Å². The van der Waals surface area contributed by atoms with Gasteiger partial charge in [0.1, 0.15) is 23.5 Å². The number of nitriles is 1. The van der Waals surface area contributed by atoms with Gasteiger partial charge >= 0.3 is 0 Å². The highest BCUT2D eigenvalue weighted by molar-refractivity contribution is 7.99. The second-order valence-electron chi connectivity index (χ2n) is 8.85. The molecule has 34 heavy (non-hydrogen) atoms. The monoisotopic (exact) mass is 480 g/mol. The fraction of sp³-hybridized carbons (Fsp3) is 0.440. The summed E-state index contributed by atoms with van der Waals surface area (Å²) in [4.78, 5) is 17.3. The molecule has 4 rings (SSSR count). The standard InChI is InChI=1S/C25H29FN6OS/c1-16-17(2)32(14-19-7-10-20(26)11-8-19)24(21(16)13-27)29-23(33)15-34-25-28-22(30-31-25)12-9-18-5-3-4-6-18/h7-8,10-11,18H,3-6,9,12,14-15H2,1-2H3,(H,29,33)(H,28,30,31). The van der Waals surface area contributed by atoms with E-state index in [-0.39, 0.29) is 17.5 Å². The molecule has 0 atom stereocenters. The van der Waals surface area contributed by atoms with Crippen LogP contribution in [0.1, 0.15) is 60.3 Å². The van der Waals surface area contributed by atoms with Crippen LogP contribution in [0.2, 0.25) is 0 Å². The highest BCUT2D eigenvalue weighted by Crippen LogP contribution is 2.29. The van der Waals surface area contributed by atoms with E-state index in [1.165, 1.54) is 49.6 Å². The van der Waals surface area contributed by atoms with E-state index in [1.54, 1.807) is 12.1 Å². The molecule has 2 heterocycles. The highest BCUT2D eigenvalue weighted by Gasteiger charge is 2.20. The van der Waals surface area contributed by atoms with E-state index in [1.807, 2.05) is 18.4 Å². The molecule has 1 aliphatic carbocycles. The van der Waals surface area contributed by atoms with Crippen LogP contribution in [0.25, 0.3) is 0 Å². The van der Waals surface area contributed by atoms with Crippen LogP contribution in [0, 0.1) is 36.9 Å². The molecule has 1 aliphatic rings. The maximum absolute atomic E-state index is 13.3. The lowest BCUT2D eigenvalue weighted by Gasteiger charge is -2.13. The highest BCUT2D eigenvalue weighted by atomic mass is 32.2. The first kappa shape index (κ1) is 24.0. The molecule has 1 saturated carbocycles. The number of hydrogen-bond acceptors (Lipinski definition) is 5. The zero-order valence-corrected chi connectivity index (χ0v) is 20.3. The van der Waals surface area contributed by atoms with Gasteiger partial charge in [0.05, 0.1) is 11.3 Å².